The van der Waals surface area contributed by atoms with Crippen LogP contribution >= 0.6 is 0 Å². The Balaban J connectivity index is 1.87. The van der Waals surface area contributed by atoms with Gasteiger partial charge in [0.2, 0.25) is 5.95 Å². The molecule has 6 nitrogen and oxygen atoms in total. The van der Waals surface area contributed by atoms with Crippen LogP contribution in [0.15, 0.2) is 11.8 Å². The van der Waals surface area contributed by atoms with Crippen molar-refractivity contribution in [1.82, 2.24) is 9.97 Å². The predicted molar refractivity (Wildman–Crippen MR) is 72.2 cm³/mol. The number of hydrogen-bond donors (Lipinski definition) is 2. The average Bonchev–Trinajstić information content (AvgIpc) is 2.47. The normalized spacial score (nSPS) is 18.3. The molecule has 6 heteroatoms. The Bertz CT molecular complexity index is 535. The number of piperidine rings is 1. The van der Waals surface area contributed by atoms with Crippen LogP contribution in [0.4, 0.5) is 11.8 Å². The summed E-state index contributed by atoms with van der Waals surface area (Å²) in [6.45, 7) is 2.29. The number of nitrogens with one attached hydrogen (secondary N) is 1. The molecule has 0 bridgehead atoms. The number of nitrogens with zero attached hydrogens (tertiary/aromatic N) is 3. The fraction of sp³-hybridized carbons (Fsp3) is 0.462. The van der Waals surface area contributed by atoms with Gasteiger partial charge in [0.15, 0.2) is 0 Å². The minimum absolute atomic E-state index is 0.304. The summed E-state index contributed by atoms with van der Waals surface area (Å²) in [5.74, 6) is 0.553. The second kappa shape index (κ2) is 4.87. The van der Waals surface area contributed by atoms with E-state index in [9.17, 15) is 4.79 Å². The number of aromatic nitrogens is 2. The van der Waals surface area contributed by atoms with Gasteiger partial charge in [0.05, 0.1) is 5.57 Å². The van der Waals surface area contributed by atoms with E-state index < -0.39 is 5.97 Å². The highest BCUT2D eigenvalue weighted by molar-refractivity contribution is 5.95. The van der Waals surface area contributed by atoms with Crippen LogP contribution in [0.2, 0.25) is 0 Å². The van der Waals surface area contributed by atoms with Crippen LogP contribution in [-0.4, -0.2) is 40.7 Å². The second-order valence-electron chi connectivity index (χ2n) is 4.85. The van der Waals surface area contributed by atoms with E-state index >= 15 is 0 Å². The van der Waals surface area contributed by atoms with Gasteiger partial charge in [-0.2, -0.15) is 4.98 Å². The molecule has 0 unspecified atom stereocenters. The summed E-state index contributed by atoms with van der Waals surface area (Å²) in [5, 5.41) is 12.0. The quantitative estimate of drug-likeness (QED) is 0.836. The van der Waals surface area contributed by atoms with Crippen molar-refractivity contribution in [3.63, 3.8) is 0 Å². The third-order valence-corrected chi connectivity index (χ3v) is 3.49. The van der Waals surface area contributed by atoms with Crippen LogP contribution in [0.1, 0.15) is 24.8 Å². The lowest BCUT2D eigenvalue weighted by Gasteiger charge is -2.27. The van der Waals surface area contributed by atoms with Crippen LogP contribution in [0, 0.1) is 0 Å². The highest BCUT2D eigenvalue weighted by Gasteiger charge is 2.19. The lowest BCUT2D eigenvalue weighted by molar-refractivity contribution is -0.132. The van der Waals surface area contributed by atoms with Crippen molar-refractivity contribution in [2.75, 3.05) is 29.9 Å². The van der Waals surface area contributed by atoms with E-state index in [2.05, 4.69) is 20.2 Å². The molecule has 0 aliphatic carbocycles. The predicted octanol–water partition coefficient (Wildman–Crippen LogP) is 1.36. The first-order valence-corrected chi connectivity index (χ1v) is 6.54. The molecule has 2 aliphatic heterocycles. The smallest absolute Gasteiger partial charge is 0.333 e. The third-order valence-electron chi connectivity index (χ3n) is 3.49. The van der Waals surface area contributed by atoms with Gasteiger partial charge in [0.25, 0.3) is 0 Å². The van der Waals surface area contributed by atoms with Crippen molar-refractivity contribution in [2.24, 2.45) is 0 Å². The summed E-state index contributed by atoms with van der Waals surface area (Å²) >= 11 is 0. The number of hydrogen-bond acceptors (Lipinski definition) is 5. The highest BCUT2D eigenvalue weighted by atomic mass is 16.4. The van der Waals surface area contributed by atoms with Gasteiger partial charge >= 0.3 is 5.97 Å². The minimum Gasteiger partial charge on any atom is -0.478 e. The number of fused-ring (bicyclic) bond motifs is 1. The zero-order chi connectivity index (χ0) is 13.2. The van der Waals surface area contributed by atoms with E-state index in [4.69, 9.17) is 5.11 Å². The number of carboxylic acids is 1. The fourth-order valence-corrected chi connectivity index (χ4v) is 2.43. The Hall–Kier alpha value is -2.11. The molecular weight excluding hydrogens is 244 g/mol. The standard InChI is InChI=1S/C13H16N4O2/c18-12(19)10-6-9-7-15-13(16-11(9)14-8-10)17-4-2-1-3-5-17/h6-7H,1-5,8H2,(H,18,19)(H,14,15,16). The summed E-state index contributed by atoms with van der Waals surface area (Å²) in [6.07, 6.45) is 6.95. The third kappa shape index (κ3) is 2.38. The molecule has 1 aromatic rings. The number of carboxylic acid groups (broad SMARTS) is 1. The summed E-state index contributed by atoms with van der Waals surface area (Å²) < 4.78 is 0. The maximum absolute atomic E-state index is 10.9. The second-order valence-corrected chi connectivity index (χ2v) is 4.85. The van der Waals surface area contributed by atoms with Crippen molar-refractivity contribution in [3.8, 4) is 0 Å². The molecule has 0 saturated carbocycles. The zero-order valence-corrected chi connectivity index (χ0v) is 10.6. The molecule has 1 fully saturated rings. The lowest BCUT2D eigenvalue weighted by atomic mass is 10.1. The van der Waals surface area contributed by atoms with Gasteiger partial charge in [0.1, 0.15) is 5.82 Å². The summed E-state index contributed by atoms with van der Waals surface area (Å²) in [5.41, 5.74) is 1.08. The van der Waals surface area contributed by atoms with Gasteiger partial charge in [-0.25, -0.2) is 9.78 Å². The summed E-state index contributed by atoms with van der Waals surface area (Å²) in [4.78, 5) is 21.9. The molecule has 1 saturated heterocycles. The number of anilines is 2. The lowest BCUT2D eigenvalue weighted by Crippen LogP contribution is -2.31. The van der Waals surface area contributed by atoms with Gasteiger partial charge in [-0.3, -0.25) is 0 Å². The molecule has 100 valence electrons. The summed E-state index contributed by atoms with van der Waals surface area (Å²) in [7, 11) is 0. The fourth-order valence-electron chi connectivity index (χ4n) is 2.43. The first-order valence-electron chi connectivity index (χ1n) is 6.54. The number of carbonyl (C=O) groups is 1. The van der Waals surface area contributed by atoms with E-state index in [1.54, 1.807) is 12.3 Å². The minimum atomic E-state index is -0.904. The Morgan fingerprint density at radius 2 is 2.11 bits per heavy atom. The van der Waals surface area contributed by atoms with Crippen LogP contribution < -0.4 is 10.2 Å². The van der Waals surface area contributed by atoms with E-state index in [-0.39, 0.29) is 0 Å². The Labute approximate surface area is 111 Å². The molecule has 0 spiro atoms. The monoisotopic (exact) mass is 260 g/mol. The molecule has 3 heterocycles. The van der Waals surface area contributed by atoms with E-state index in [0.717, 1.165) is 30.4 Å². The van der Waals surface area contributed by atoms with E-state index in [0.29, 0.717) is 12.1 Å². The van der Waals surface area contributed by atoms with Crippen molar-refractivity contribution in [1.29, 1.82) is 0 Å². The van der Waals surface area contributed by atoms with Gasteiger partial charge in [0, 0.05) is 31.4 Å². The van der Waals surface area contributed by atoms with Crippen LogP contribution in [0.5, 0.6) is 0 Å². The Morgan fingerprint density at radius 1 is 1.32 bits per heavy atom. The summed E-state index contributed by atoms with van der Waals surface area (Å²) in [6, 6.07) is 0. The van der Waals surface area contributed by atoms with Gasteiger partial charge < -0.3 is 15.3 Å². The van der Waals surface area contributed by atoms with Gasteiger partial charge in [-0.15, -0.1) is 0 Å². The number of rotatable bonds is 2. The van der Waals surface area contributed by atoms with Crippen molar-refractivity contribution in [3.05, 3.63) is 17.3 Å². The van der Waals surface area contributed by atoms with Crippen LogP contribution in [0.3, 0.4) is 0 Å². The molecule has 1 aromatic heterocycles. The average molecular weight is 260 g/mol. The zero-order valence-electron chi connectivity index (χ0n) is 10.6. The first kappa shape index (κ1) is 12.0. The number of aliphatic carboxylic acids is 1. The highest BCUT2D eigenvalue weighted by Crippen LogP contribution is 2.24. The van der Waals surface area contributed by atoms with Crippen LogP contribution in [-0.2, 0) is 4.79 Å². The maximum Gasteiger partial charge on any atom is 0.333 e. The van der Waals surface area contributed by atoms with E-state index in [1.165, 1.54) is 19.3 Å². The molecule has 0 atom stereocenters. The van der Waals surface area contributed by atoms with Crippen molar-refractivity contribution < 1.29 is 9.90 Å². The largest absolute Gasteiger partial charge is 0.478 e. The molecule has 0 radical (unpaired) electrons. The Morgan fingerprint density at radius 3 is 2.84 bits per heavy atom. The Kier molecular flexibility index (Phi) is 3.06. The van der Waals surface area contributed by atoms with Gasteiger partial charge in [-0.05, 0) is 25.3 Å². The molecule has 2 N–H and O–H groups in total. The maximum atomic E-state index is 10.9. The van der Waals surface area contributed by atoms with Gasteiger partial charge in [-0.1, -0.05) is 0 Å². The molecule has 3 rings (SSSR count). The molecular formula is C13H16N4O2. The molecule has 0 aromatic carbocycles. The first-order chi connectivity index (χ1) is 9.24. The topological polar surface area (TPSA) is 78.3 Å². The SMILES string of the molecule is O=C(O)C1=Cc2cnc(N3CCCCC3)nc2NC1. The van der Waals surface area contributed by atoms with Crippen molar-refractivity contribution >= 4 is 23.8 Å². The van der Waals surface area contributed by atoms with E-state index in [1.807, 2.05) is 0 Å². The van der Waals surface area contributed by atoms with Crippen LogP contribution in [0.25, 0.3) is 6.08 Å². The van der Waals surface area contributed by atoms with Crippen molar-refractivity contribution in [2.45, 2.75) is 19.3 Å². The molecule has 19 heavy (non-hydrogen) atoms. The molecule has 0 amide bonds. The molecule has 2 aliphatic rings.